The third kappa shape index (κ3) is 28.4. The van der Waals surface area contributed by atoms with Crippen molar-refractivity contribution in [1.29, 1.82) is 0 Å². The van der Waals surface area contributed by atoms with Gasteiger partial charge in [-0.2, -0.15) is 10.2 Å². The van der Waals surface area contributed by atoms with Gasteiger partial charge in [0.15, 0.2) is 12.2 Å². The Balaban J connectivity index is 0.000000272. The first-order chi connectivity index (χ1) is 57.7. The Morgan fingerprint density at radius 3 is 1.08 bits per heavy atom. The number of hydrazone groups is 2. The van der Waals surface area contributed by atoms with E-state index in [0.29, 0.717) is 27.5 Å². The summed E-state index contributed by atoms with van der Waals surface area (Å²) in [6.45, 7) is 17.9. The number of benzene rings is 8. The standard InChI is InChI=1S/C44H37N3O14S.C41H33N3O12S/c1-4-38(48)54-22-21-41(51)59-34(26-56-39(49)5-2)25-55-31-15-11-29(12-16-31)43(53)61-36-20-19-33(23-30(36)24-45-47-44-46-35-9-7-8-10-37(35)62-44)60-42(52)28-13-17-32(18-14-28)57-27-58-40(50)6-3;1-4-36(45)51-24-32(54-38(47)6-3)23-50-29-15-11-27(12-16-29)40(49)56-34-20-19-31(21-28(34)22-42-44-41-43-33-9-7-8-10-35(33)57-41)55-39(48)26-13-17-30(18-14-26)52-25-53-37(46)5-2/h4-20,23-24,34H,1-3,21-22,25-27H2,(H,46,47);4-22,32H,1-3,23-25H2,(H,43,44)/b45-24+;42-22+. The molecule has 0 bridgehead atoms. The zero-order chi connectivity index (χ0) is 84.8. The van der Waals surface area contributed by atoms with Gasteiger partial charge in [-0.3, -0.25) is 15.6 Å². The highest BCUT2D eigenvalue weighted by Crippen LogP contribution is 2.31. The number of carbonyl (C=O) groups excluding carboxylic acids is 11. The van der Waals surface area contributed by atoms with E-state index in [2.05, 4.69) is 70.5 Å². The minimum atomic E-state index is -1.04. The van der Waals surface area contributed by atoms with Gasteiger partial charge in [0.25, 0.3) is 0 Å². The van der Waals surface area contributed by atoms with Gasteiger partial charge in [-0.25, -0.2) is 57.9 Å². The van der Waals surface area contributed by atoms with E-state index in [1.807, 2.05) is 48.5 Å². The van der Waals surface area contributed by atoms with Gasteiger partial charge in [0.05, 0.1) is 61.5 Å². The molecule has 10 rings (SSSR count). The van der Waals surface area contributed by atoms with Crippen LogP contribution in [0.15, 0.2) is 268 Å². The molecule has 0 amide bonds. The number of hydrogen-bond donors (Lipinski definition) is 2. The molecule has 0 aliphatic heterocycles. The van der Waals surface area contributed by atoms with Crippen molar-refractivity contribution in [3.05, 3.63) is 291 Å². The zero-order valence-corrected chi connectivity index (χ0v) is 64.3. The Bertz CT molecular complexity index is 5370. The van der Waals surface area contributed by atoms with E-state index in [9.17, 15) is 52.7 Å². The van der Waals surface area contributed by atoms with Gasteiger partial charge in [-0.15, -0.1) is 0 Å². The molecule has 0 radical (unpaired) electrons. The van der Waals surface area contributed by atoms with E-state index < -0.39 is 77.9 Å². The molecule has 2 N–H and O–H groups in total. The van der Waals surface area contributed by atoms with E-state index >= 15 is 0 Å². The Labute approximate surface area is 685 Å². The summed E-state index contributed by atoms with van der Waals surface area (Å²) >= 11 is 2.77. The fourth-order valence-corrected chi connectivity index (χ4v) is 11.0. The monoisotopic (exact) mass is 1650 g/mol. The number of hydrogen-bond acceptors (Lipinski definition) is 34. The minimum Gasteiger partial charge on any atom is -0.490 e. The maximum Gasteiger partial charge on any atom is 0.343 e. The Morgan fingerprint density at radius 2 is 0.697 bits per heavy atom. The number of nitrogens with one attached hydrogen (secondary N) is 2. The molecule has 0 saturated carbocycles. The number of anilines is 2. The highest BCUT2D eigenvalue weighted by atomic mass is 32.1. The van der Waals surface area contributed by atoms with Crippen molar-refractivity contribution in [2.24, 2.45) is 10.2 Å². The molecule has 2 unspecified atom stereocenters. The number of carbonyl (C=O) groups is 11. The van der Waals surface area contributed by atoms with Crippen LogP contribution in [-0.2, 0) is 66.7 Å². The number of aromatic nitrogens is 2. The van der Waals surface area contributed by atoms with Gasteiger partial charge in [-0.05, 0) is 158 Å². The molecular formula is C85H70N6O26S2. The van der Waals surface area contributed by atoms with Crippen LogP contribution in [0.2, 0.25) is 0 Å². The Morgan fingerprint density at radius 1 is 0.361 bits per heavy atom. The lowest BCUT2D eigenvalue weighted by molar-refractivity contribution is -0.160. The maximum absolute atomic E-state index is 13.4. The van der Waals surface area contributed by atoms with Crippen molar-refractivity contribution in [2.75, 3.05) is 57.5 Å². The molecule has 2 aromatic heterocycles. The highest BCUT2D eigenvalue weighted by Gasteiger charge is 2.23. The van der Waals surface area contributed by atoms with Crippen LogP contribution in [0.25, 0.3) is 20.4 Å². The lowest BCUT2D eigenvalue weighted by Crippen LogP contribution is -2.31. The number of nitrogens with zero attached hydrogens (tertiary/aromatic N) is 4. The molecule has 608 valence electrons. The van der Waals surface area contributed by atoms with Crippen LogP contribution < -0.4 is 48.7 Å². The van der Waals surface area contributed by atoms with Crippen LogP contribution in [0.5, 0.6) is 46.0 Å². The second-order valence-electron chi connectivity index (χ2n) is 23.4. The molecule has 34 heteroatoms. The molecule has 0 aliphatic rings. The van der Waals surface area contributed by atoms with Crippen LogP contribution in [0.1, 0.15) is 59.0 Å². The summed E-state index contributed by atoms with van der Waals surface area (Å²) in [6.07, 6.45) is 6.35. The van der Waals surface area contributed by atoms with Crippen LogP contribution in [0.3, 0.4) is 0 Å². The molecule has 2 atom stereocenters. The van der Waals surface area contributed by atoms with E-state index in [-0.39, 0.29) is 115 Å². The van der Waals surface area contributed by atoms with Gasteiger partial charge in [0, 0.05) is 47.6 Å². The normalized spacial score (nSPS) is 11.1. The predicted molar refractivity (Wildman–Crippen MR) is 433 cm³/mol. The summed E-state index contributed by atoms with van der Waals surface area (Å²) in [4.78, 5) is 143. The number of rotatable bonds is 41. The lowest BCUT2D eigenvalue weighted by Gasteiger charge is -2.18. The van der Waals surface area contributed by atoms with Crippen LogP contribution in [-0.4, -0.2) is 147 Å². The van der Waals surface area contributed by atoms with Gasteiger partial charge < -0.3 is 71.1 Å². The Kier molecular flexibility index (Phi) is 33.2. The van der Waals surface area contributed by atoms with Crippen LogP contribution >= 0.6 is 22.7 Å². The number of ether oxygens (including phenoxy) is 15. The highest BCUT2D eigenvalue weighted by molar-refractivity contribution is 7.22. The van der Waals surface area contributed by atoms with Crippen LogP contribution in [0.4, 0.5) is 10.3 Å². The minimum absolute atomic E-state index is 0.0709. The predicted octanol–water partition coefficient (Wildman–Crippen LogP) is 12.8. The fourth-order valence-electron chi connectivity index (χ4n) is 9.38. The largest absolute Gasteiger partial charge is 0.490 e. The summed E-state index contributed by atoms with van der Waals surface area (Å²) in [5.74, 6) is -6.12. The molecule has 32 nitrogen and oxygen atoms in total. The van der Waals surface area contributed by atoms with Crippen molar-refractivity contribution in [1.82, 2.24) is 9.97 Å². The van der Waals surface area contributed by atoms with Crippen LogP contribution in [0, 0.1) is 0 Å². The average Bonchev–Trinajstić information content (AvgIpc) is 1.31. The van der Waals surface area contributed by atoms with Crippen molar-refractivity contribution in [2.45, 2.75) is 18.6 Å². The third-order valence-corrected chi connectivity index (χ3v) is 17.0. The van der Waals surface area contributed by atoms with Gasteiger partial charge in [0.2, 0.25) is 23.8 Å². The van der Waals surface area contributed by atoms with Crippen molar-refractivity contribution in [3.63, 3.8) is 0 Å². The van der Waals surface area contributed by atoms with Crippen molar-refractivity contribution in [3.8, 4) is 46.0 Å². The second kappa shape index (κ2) is 45.3. The number of para-hydroxylation sites is 2. The van der Waals surface area contributed by atoms with Gasteiger partial charge >= 0.3 is 65.7 Å². The number of fused-ring (bicyclic) bond motifs is 2. The molecule has 10 aromatic rings. The molecule has 119 heavy (non-hydrogen) atoms. The topological polar surface area (TPSA) is 401 Å². The zero-order valence-electron chi connectivity index (χ0n) is 62.7. The van der Waals surface area contributed by atoms with Gasteiger partial charge in [0.1, 0.15) is 79.0 Å². The van der Waals surface area contributed by atoms with E-state index in [1.165, 1.54) is 169 Å². The molecular weight excluding hydrogens is 1590 g/mol. The van der Waals surface area contributed by atoms with Crippen molar-refractivity contribution >= 4 is 131 Å². The molecule has 8 aromatic carbocycles. The average molecular weight is 1660 g/mol. The van der Waals surface area contributed by atoms with E-state index in [0.717, 1.165) is 56.9 Å². The number of esters is 11. The summed E-state index contributed by atoms with van der Waals surface area (Å²) < 4.78 is 81.5. The van der Waals surface area contributed by atoms with E-state index in [1.54, 1.807) is 0 Å². The summed E-state index contributed by atoms with van der Waals surface area (Å²) in [5, 5.41) is 9.58. The van der Waals surface area contributed by atoms with Gasteiger partial charge in [-0.1, -0.05) is 86.4 Å². The molecule has 0 fully saturated rings. The molecule has 0 spiro atoms. The molecule has 2 heterocycles. The number of thiazole rings is 2. The first-order valence-corrected chi connectivity index (χ1v) is 36.7. The maximum atomic E-state index is 13.4. The van der Waals surface area contributed by atoms with Crippen molar-refractivity contribution < 1.29 is 124 Å². The smallest absolute Gasteiger partial charge is 0.343 e. The summed E-state index contributed by atoms with van der Waals surface area (Å²) in [7, 11) is 0. The fraction of sp³-hybridized carbons (Fsp3) is 0.118. The first-order valence-electron chi connectivity index (χ1n) is 35.0. The quantitative estimate of drug-likeness (QED) is 0.00683. The second-order valence-corrected chi connectivity index (χ2v) is 25.5. The Hall–Kier alpha value is -15.7. The lowest BCUT2D eigenvalue weighted by atomic mass is 10.2. The van der Waals surface area contributed by atoms with E-state index in [4.69, 9.17) is 71.1 Å². The third-order valence-electron chi connectivity index (χ3n) is 15.1. The molecule has 0 saturated heterocycles. The SMILES string of the molecule is C=CC(=O)OCCC(=O)OC(COC(=O)C=C)COc1ccc(C(=O)Oc2ccc(OC(=O)c3ccc(OCOC(=O)C=C)cc3)cc2/C=N/Nc2nc3ccccc3s2)cc1.C=CC(=O)OCOc1ccc(C(=O)Oc2ccc(OC(=O)c3ccc(OCC(COC(=O)C=C)OC(=O)C=C)cc3)c(/C=N/Nc3nc4ccccc4s3)c2)cc1. The summed E-state index contributed by atoms with van der Waals surface area (Å²) in [6, 6.07) is 47.5. The first kappa shape index (κ1) is 87.3. The molecule has 0 aliphatic carbocycles. The summed E-state index contributed by atoms with van der Waals surface area (Å²) in [5.41, 5.74) is 8.53.